The lowest BCUT2D eigenvalue weighted by Gasteiger charge is -2.15. The molecule has 0 heterocycles. The van der Waals surface area contributed by atoms with Crippen molar-refractivity contribution >= 4 is 28.4 Å². The number of benzene rings is 2. The molecule has 2 aromatic carbocycles. The van der Waals surface area contributed by atoms with Crippen molar-refractivity contribution in [3.8, 4) is 0 Å². The van der Waals surface area contributed by atoms with Gasteiger partial charge in [0.2, 0.25) is 0 Å². The monoisotopic (exact) mass is 377 g/mol. The Kier molecular flexibility index (Phi) is 6.63. The summed E-state index contributed by atoms with van der Waals surface area (Å²) in [7, 11) is -1.33. The van der Waals surface area contributed by atoms with Gasteiger partial charge in [0.1, 0.15) is 5.82 Å². The van der Waals surface area contributed by atoms with E-state index in [1.165, 1.54) is 25.1 Å². The number of anilines is 1. The minimum absolute atomic E-state index is 0.161. The van der Waals surface area contributed by atoms with Crippen molar-refractivity contribution in [2.75, 3.05) is 11.1 Å². The van der Waals surface area contributed by atoms with E-state index in [9.17, 15) is 18.2 Å². The average molecular weight is 377 g/mol. The van der Waals surface area contributed by atoms with Crippen LogP contribution in [0.4, 0.5) is 10.1 Å². The van der Waals surface area contributed by atoms with Crippen LogP contribution in [-0.4, -0.2) is 27.9 Å². The predicted octanol–water partition coefficient (Wildman–Crippen LogP) is 3.45. The molecule has 138 valence electrons. The highest BCUT2D eigenvalue weighted by atomic mass is 32.2. The van der Waals surface area contributed by atoms with E-state index >= 15 is 0 Å². The molecule has 2 aromatic rings. The number of amides is 1. The fourth-order valence-corrected chi connectivity index (χ4v) is 3.12. The number of nitrogens with one attached hydrogen (secondary N) is 1. The summed E-state index contributed by atoms with van der Waals surface area (Å²) in [5.41, 5.74) is 0.894. The summed E-state index contributed by atoms with van der Waals surface area (Å²) in [5, 5.41) is 2.50. The van der Waals surface area contributed by atoms with E-state index in [4.69, 9.17) is 4.74 Å². The third kappa shape index (κ3) is 4.76. The first kappa shape index (κ1) is 19.8. The number of aryl methyl sites for hydroxylation is 1. The van der Waals surface area contributed by atoms with Crippen LogP contribution in [0.15, 0.2) is 47.4 Å². The van der Waals surface area contributed by atoms with E-state index in [0.29, 0.717) is 16.2 Å². The summed E-state index contributed by atoms with van der Waals surface area (Å²) in [4.78, 5) is 24.9. The maximum absolute atomic E-state index is 13.6. The molecule has 2 rings (SSSR count). The number of esters is 1. The van der Waals surface area contributed by atoms with Crippen LogP contribution < -0.4 is 5.32 Å². The van der Waals surface area contributed by atoms with Crippen molar-refractivity contribution in [1.82, 2.24) is 0 Å². The van der Waals surface area contributed by atoms with Crippen LogP contribution in [-0.2, 0) is 20.3 Å². The highest BCUT2D eigenvalue weighted by Crippen LogP contribution is 2.17. The van der Waals surface area contributed by atoms with Gasteiger partial charge in [-0.3, -0.25) is 9.00 Å². The molecule has 1 N–H and O–H groups in total. The Hall–Kier alpha value is -2.54. The first-order chi connectivity index (χ1) is 12.3. The second-order valence-electron chi connectivity index (χ2n) is 5.63. The van der Waals surface area contributed by atoms with Gasteiger partial charge < -0.3 is 10.1 Å². The zero-order valence-electron chi connectivity index (χ0n) is 14.7. The number of carbonyl (C=O) groups is 2. The Morgan fingerprint density at radius 2 is 1.92 bits per heavy atom. The normalized spacial score (nSPS) is 12.9. The average Bonchev–Trinajstić information content (AvgIpc) is 2.63. The maximum atomic E-state index is 13.6. The first-order valence-electron chi connectivity index (χ1n) is 8.09. The molecule has 0 radical (unpaired) electrons. The summed E-state index contributed by atoms with van der Waals surface area (Å²) >= 11 is 0. The van der Waals surface area contributed by atoms with Gasteiger partial charge in [-0.25, -0.2) is 9.18 Å². The van der Waals surface area contributed by atoms with Crippen molar-refractivity contribution in [2.24, 2.45) is 0 Å². The minimum Gasteiger partial charge on any atom is -0.449 e. The van der Waals surface area contributed by atoms with Crippen LogP contribution in [0.5, 0.6) is 0 Å². The summed E-state index contributed by atoms with van der Waals surface area (Å²) in [6, 6.07) is 10.7. The van der Waals surface area contributed by atoms with Crippen LogP contribution in [0.25, 0.3) is 0 Å². The lowest BCUT2D eigenvalue weighted by atomic mass is 10.2. The highest BCUT2D eigenvalue weighted by Gasteiger charge is 2.22. The smallest absolute Gasteiger partial charge is 0.340 e. The molecule has 0 bridgehead atoms. The molecule has 0 spiro atoms. The van der Waals surface area contributed by atoms with Gasteiger partial charge in [-0.2, -0.15) is 0 Å². The summed E-state index contributed by atoms with van der Waals surface area (Å²) < 4.78 is 30.8. The number of hydrogen-bond donors (Lipinski definition) is 1. The molecule has 26 heavy (non-hydrogen) atoms. The van der Waals surface area contributed by atoms with E-state index in [2.05, 4.69) is 5.32 Å². The number of halogens is 1. The second kappa shape index (κ2) is 8.71. The van der Waals surface area contributed by atoms with Gasteiger partial charge in [0, 0.05) is 11.4 Å². The van der Waals surface area contributed by atoms with Gasteiger partial charge in [0.15, 0.2) is 6.10 Å². The molecule has 0 saturated carbocycles. The summed E-state index contributed by atoms with van der Waals surface area (Å²) in [5.74, 6) is -1.40. The molecule has 1 amide bonds. The Bertz CT molecular complexity index is 853. The number of rotatable bonds is 6. The molecule has 0 aromatic heterocycles. The van der Waals surface area contributed by atoms with Gasteiger partial charge in [-0.1, -0.05) is 25.1 Å². The summed E-state index contributed by atoms with van der Waals surface area (Å²) in [6.45, 7) is 4.77. The van der Waals surface area contributed by atoms with Crippen molar-refractivity contribution in [1.29, 1.82) is 0 Å². The zero-order valence-corrected chi connectivity index (χ0v) is 15.6. The predicted molar refractivity (Wildman–Crippen MR) is 98.0 cm³/mol. The largest absolute Gasteiger partial charge is 0.449 e. The van der Waals surface area contributed by atoms with Crippen molar-refractivity contribution in [2.45, 2.75) is 31.8 Å². The third-order valence-corrected chi connectivity index (χ3v) is 5.08. The van der Waals surface area contributed by atoms with Gasteiger partial charge in [0.05, 0.1) is 21.3 Å². The number of hydrogen-bond acceptors (Lipinski definition) is 4. The van der Waals surface area contributed by atoms with E-state index in [1.807, 2.05) is 0 Å². The van der Waals surface area contributed by atoms with Crippen molar-refractivity contribution < 1.29 is 22.9 Å². The number of ether oxygens (including phenoxy) is 1. The van der Waals surface area contributed by atoms with E-state index in [-0.39, 0.29) is 11.3 Å². The Balaban J connectivity index is 2.08. The SMILES string of the molecule is CC[S@@](=O)c1ccccc1C(=O)O[C@H](C)C(=O)Nc1ccc(C)c(F)c1. The molecule has 5 nitrogen and oxygen atoms in total. The van der Waals surface area contributed by atoms with Gasteiger partial charge in [-0.15, -0.1) is 0 Å². The minimum atomic E-state index is -1.33. The van der Waals surface area contributed by atoms with Crippen LogP contribution in [0.1, 0.15) is 29.8 Å². The fraction of sp³-hybridized carbons (Fsp3) is 0.263. The quantitative estimate of drug-likeness (QED) is 0.783. The molecule has 0 aliphatic heterocycles. The zero-order chi connectivity index (χ0) is 19.3. The molecular formula is C19H20FNO4S. The van der Waals surface area contributed by atoms with E-state index in [0.717, 1.165) is 0 Å². The second-order valence-corrected chi connectivity index (χ2v) is 7.34. The molecular weight excluding hydrogens is 357 g/mol. The highest BCUT2D eigenvalue weighted by molar-refractivity contribution is 7.85. The number of carbonyl (C=O) groups excluding carboxylic acids is 2. The molecule has 0 fully saturated rings. The lowest BCUT2D eigenvalue weighted by molar-refractivity contribution is -0.123. The Morgan fingerprint density at radius 1 is 1.23 bits per heavy atom. The first-order valence-corrected chi connectivity index (χ1v) is 9.40. The fourth-order valence-electron chi connectivity index (χ4n) is 2.18. The van der Waals surface area contributed by atoms with Crippen LogP contribution in [0.2, 0.25) is 0 Å². The van der Waals surface area contributed by atoms with Crippen molar-refractivity contribution in [3.05, 3.63) is 59.4 Å². The third-order valence-electron chi connectivity index (χ3n) is 3.71. The molecule has 0 unspecified atom stereocenters. The van der Waals surface area contributed by atoms with Gasteiger partial charge in [0.25, 0.3) is 5.91 Å². The molecule has 0 saturated heterocycles. The van der Waals surface area contributed by atoms with E-state index < -0.39 is 34.6 Å². The maximum Gasteiger partial charge on any atom is 0.340 e. The van der Waals surface area contributed by atoms with Gasteiger partial charge >= 0.3 is 5.97 Å². The van der Waals surface area contributed by atoms with Gasteiger partial charge in [-0.05, 0) is 43.7 Å². The molecule has 2 atom stereocenters. The standard InChI is InChI=1S/C19H20FNO4S/c1-4-26(24)17-8-6-5-7-15(17)19(23)25-13(3)18(22)21-14-10-9-12(2)16(20)11-14/h5-11,13H,4H2,1-3H3,(H,21,22)/t13-,26-/m1/s1. The van der Waals surface area contributed by atoms with Crippen LogP contribution in [0.3, 0.4) is 0 Å². The van der Waals surface area contributed by atoms with Crippen LogP contribution >= 0.6 is 0 Å². The topological polar surface area (TPSA) is 72.5 Å². The summed E-state index contributed by atoms with van der Waals surface area (Å²) in [6.07, 6.45) is -1.10. The Labute approximate surface area is 154 Å². The van der Waals surface area contributed by atoms with E-state index in [1.54, 1.807) is 38.1 Å². The van der Waals surface area contributed by atoms with Crippen molar-refractivity contribution in [3.63, 3.8) is 0 Å². The molecule has 7 heteroatoms. The lowest BCUT2D eigenvalue weighted by Crippen LogP contribution is -2.30. The molecule has 0 aliphatic carbocycles. The molecule has 0 aliphatic rings. The Morgan fingerprint density at radius 3 is 2.58 bits per heavy atom. The van der Waals surface area contributed by atoms with Crippen LogP contribution in [0, 0.1) is 12.7 Å².